The Morgan fingerprint density at radius 1 is 1.17 bits per heavy atom. The van der Waals surface area contributed by atoms with Crippen molar-refractivity contribution in [3.05, 3.63) is 70.9 Å². The average Bonchev–Trinajstić information content (AvgIpc) is 2.90. The van der Waals surface area contributed by atoms with E-state index in [1.807, 2.05) is 31.2 Å². The molecule has 0 bridgehead atoms. The van der Waals surface area contributed by atoms with Gasteiger partial charge in [0.25, 0.3) is 0 Å². The van der Waals surface area contributed by atoms with Crippen LogP contribution in [0.2, 0.25) is 0 Å². The van der Waals surface area contributed by atoms with Gasteiger partial charge in [0.2, 0.25) is 5.90 Å². The maximum atomic E-state index is 12.3. The van der Waals surface area contributed by atoms with Gasteiger partial charge < -0.3 is 9.47 Å². The molecule has 1 heterocycles. The fourth-order valence-corrected chi connectivity index (χ4v) is 2.23. The van der Waals surface area contributed by atoms with Crippen molar-refractivity contribution < 1.29 is 23.0 Å². The summed E-state index contributed by atoms with van der Waals surface area (Å²) in [4.78, 5) is 16.1. The van der Waals surface area contributed by atoms with Crippen LogP contribution >= 0.6 is 0 Å². The Morgan fingerprint density at radius 2 is 1.96 bits per heavy atom. The van der Waals surface area contributed by atoms with E-state index in [4.69, 9.17) is 4.74 Å². The van der Waals surface area contributed by atoms with Gasteiger partial charge in [0.1, 0.15) is 5.75 Å². The van der Waals surface area contributed by atoms with Crippen LogP contribution in [0.15, 0.2) is 59.2 Å². The molecular weight excluding hydrogens is 316 g/mol. The largest absolute Gasteiger partial charge is 0.435 e. The van der Waals surface area contributed by atoms with Crippen LogP contribution < -0.4 is 4.74 Å². The van der Waals surface area contributed by atoms with Crippen molar-refractivity contribution in [2.75, 3.05) is 0 Å². The first-order valence-corrected chi connectivity index (χ1v) is 7.16. The van der Waals surface area contributed by atoms with E-state index in [0.717, 1.165) is 11.1 Å². The molecule has 4 nitrogen and oxygen atoms in total. The maximum absolute atomic E-state index is 12.3. The Hall–Kier alpha value is -3.02. The molecule has 1 aliphatic rings. The number of ether oxygens (including phenoxy) is 2. The van der Waals surface area contributed by atoms with Gasteiger partial charge in [-0.05, 0) is 42.3 Å². The van der Waals surface area contributed by atoms with Gasteiger partial charge in [0, 0.05) is 5.56 Å². The minimum Gasteiger partial charge on any atom is -0.435 e. The van der Waals surface area contributed by atoms with Crippen molar-refractivity contribution in [1.29, 1.82) is 0 Å². The summed E-state index contributed by atoms with van der Waals surface area (Å²) in [5, 5.41) is 0. The average molecular weight is 329 g/mol. The molecule has 0 unspecified atom stereocenters. The van der Waals surface area contributed by atoms with Gasteiger partial charge in [-0.25, -0.2) is 9.79 Å². The molecule has 0 N–H and O–H groups in total. The van der Waals surface area contributed by atoms with Crippen molar-refractivity contribution in [1.82, 2.24) is 0 Å². The number of benzene rings is 2. The number of aryl methyl sites for hydroxylation is 1. The Kier molecular flexibility index (Phi) is 4.37. The van der Waals surface area contributed by atoms with Gasteiger partial charge in [-0.3, -0.25) is 0 Å². The molecular formula is C18H13F2NO3. The Labute approximate surface area is 137 Å². The first-order chi connectivity index (χ1) is 11.5. The smallest absolute Gasteiger partial charge is 0.387 e. The van der Waals surface area contributed by atoms with Crippen molar-refractivity contribution in [3.8, 4) is 5.75 Å². The topological polar surface area (TPSA) is 47.9 Å². The Balaban J connectivity index is 1.91. The highest BCUT2D eigenvalue weighted by atomic mass is 19.3. The fraction of sp³-hybridized carbons (Fsp3) is 0.111. The van der Waals surface area contributed by atoms with Crippen LogP contribution in [-0.2, 0) is 9.53 Å². The molecule has 0 spiro atoms. The molecule has 0 saturated heterocycles. The zero-order chi connectivity index (χ0) is 17.1. The molecule has 0 radical (unpaired) electrons. The van der Waals surface area contributed by atoms with E-state index in [1.54, 1.807) is 12.1 Å². The number of hydrogen-bond donors (Lipinski definition) is 0. The zero-order valence-corrected chi connectivity index (χ0v) is 12.7. The minimum atomic E-state index is -2.93. The Bertz CT molecular complexity index is 844. The summed E-state index contributed by atoms with van der Waals surface area (Å²) in [6.45, 7) is -1.01. The van der Waals surface area contributed by atoms with Crippen LogP contribution in [-0.4, -0.2) is 18.5 Å². The highest BCUT2D eigenvalue weighted by Gasteiger charge is 2.24. The molecule has 24 heavy (non-hydrogen) atoms. The number of hydrogen-bond acceptors (Lipinski definition) is 4. The number of esters is 1. The first kappa shape index (κ1) is 15.9. The lowest BCUT2D eigenvalue weighted by molar-refractivity contribution is -0.129. The lowest BCUT2D eigenvalue weighted by Crippen LogP contribution is -2.07. The van der Waals surface area contributed by atoms with Crippen molar-refractivity contribution in [3.63, 3.8) is 0 Å². The SMILES string of the molecule is Cc1ccccc1C=C1N=C(c2cccc(OC(F)F)c2)OC1=O. The minimum absolute atomic E-state index is 0.0300. The lowest BCUT2D eigenvalue weighted by atomic mass is 10.1. The summed E-state index contributed by atoms with van der Waals surface area (Å²) in [6.07, 6.45) is 1.63. The van der Waals surface area contributed by atoms with E-state index in [0.29, 0.717) is 5.56 Å². The molecule has 122 valence electrons. The Morgan fingerprint density at radius 3 is 2.71 bits per heavy atom. The number of carbonyl (C=O) groups is 1. The third-order valence-corrected chi connectivity index (χ3v) is 3.41. The van der Waals surface area contributed by atoms with Crippen LogP contribution in [0.1, 0.15) is 16.7 Å². The highest BCUT2D eigenvalue weighted by Crippen LogP contribution is 2.23. The number of carbonyl (C=O) groups excluding carboxylic acids is 1. The molecule has 6 heteroatoms. The van der Waals surface area contributed by atoms with E-state index in [-0.39, 0.29) is 17.3 Å². The molecule has 0 saturated carbocycles. The van der Waals surface area contributed by atoms with Gasteiger partial charge >= 0.3 is 12.6 Å². The zero-order valence-electron chi connectivity index (χ0n) is 12.7. The molecule has 3 rings (SSSR count). The summed E-state index contributed by atoms with van der Waals surface area (Å²) >= 11 is 0. The van der Waals surface area contributed by atoms with Gasteiger partial charge in [-0.1, -0.05) is 30.3 Å². The second kappa shape index (κ2) is 6.62. The third kappa shape index (κ3) is 3.48. The number of nitrogens with zero attached hydrogens (tertiary/aromatic N) is 1. The van der Waals surface area contributed by atoms with E-state index < -0.39 is 12.6 Å². The monoisotopic (exact) mass is 329 g/mol. The second-order valence-electron chi connectivity index (χ2n) is 5.10. The van der Waals surface area contributed by atoms with Crippen LogP contribution in [0.5, 0.6) is 5.75 Å². The van der Waals surface area contributed by atoms with Crippen molar-refractivity contribution in [2.24, 2.45) is 4.99 Å². The molecule has 2 aromatic rings. The number of aliphatic imine (C=N–C) groups is 1. The molecule has 0 aromatic heterocycles. The summed E-state index contributed by atoms with van der Waals surface area (Å²) in [5.74, 6) is -0.564. The molecule has 2 aromatic carbocycles. The normalized spacial score (nSPS) is 15.6. The molecule has 1 aliphatic heterocycles. The van der Waals surface area contributed by atoms with Gasteiger partial charge in [-0.15, -0.1) is 0 Å². The maximum Gasteiger partial charge on any atom is 0.387 e. The van der Waals surface area contributed by atoms with E-state index in [9.17, 15) is 13.6 Å². The quantitative estimate of drug-likeness (QED) is 0.630. The van der Waals surface area contributed by atoms with Gasteiger partial charge in [-0.2, -0.15) is 8.78 Å². The molecule has 0 atom stereocenters. The highest BCUT2D eigenvalue weighted by molar-refractivity contribution is 6.13. The fourth-order valence-electron chi connectivity index (χ4n) is 2.23. The predicted octanol–water partition coefficient (Wildman–Crippen LogP) is 3.94. The van der Waals surface area contributed by atoms with Crippen LogP contribution in [0, 0.1) is 6.92 Å². The van der Waals surface area contributed by atoms with Crippen molar-refractivity contribution in [2.45, 2.75) is 13.5 Å². The van der Waals surface area contributed by atoms with Gasteiger partial charge in [0.15, 0.2) is 5.70 Å². The van der Waals surface area contributed by atoms with E-state index in [2.05, 4.69) is 9.73 Å². The molecule has 0 fully saturated rings. The number of rotatable bonds is 4. The number of cyclic esters (lactones) is 1. The third-order valence-electron chi connectivity index (χ3n) is 3.41. The van der Waals surface area contributed by atoms with E-state index >= 15 is 0 Å². The predicted molar refractivity (Wildman–Crippen MR) is 84.9 cm³/mol. The summed E-state index contributed by atoms with van der Waals surface area (Å²) in [7, 11) is 0. The number of alkyl halides is 2. The first-order valence-electron chi connectivity index (χ1n) is 7.16. The van der Waals surface area contributed by atoms with Crippen LogP contribution in [0.3, 0.4) is 0 Å². The summed E-state index contributed by atoms with van der Waals surface area (Å²) in [5.41, 5.74) is 2.38. The summed E-state index contributed by atoms with van der Waals surface area (Å²) in [6, 6.07) is 13.4. The summed E-state index contributed by atoms with van der Waals surface area (Å²) < 4.78 is 34.0. The second-order valence-corrected chi connectivity index (χ2v) is 5.10. The van der Waals surface area contributed by atoms with Gasteiger partial charge in [0.05, 0.1) is 0 Å². The molecule has 0 amide bonds. The van der Waals surface area contributed by atoms with Crippen LogP contribution in [0.4, 0.5) is 8.78 Å². The standard InChI is InChI=1S/C18H13F2NO3/c1-11-5-2-3-6-12(11)10-15-17(22)24-16(21-15)13-7-4-8-14(9-13)23-18(19)20/h2-10,18H,1H3. The molecule has 0 aliphatic carbocycles. The van der Waals surface area contributed by atoms with Crippen LogP contribution in [0.25, 0.3) is 6.08 Å². The number of halogens is 2. The van der Waals surface area contributed by atoms with E-state index in [1.165, 1.54) is 18.2 Å². The van der Waals surface area contributed by atoms with Crippen molar-refractivity contribution >= 4 is 17.9 Å². The lowest BCUT2D eigenvalue weighted by Gasteiger charge is -2.05.